The first kappa shape index (κ1) is 12.0. The first-order valence-electron chi connectivity index (χ1n) is 7.97. The van der Waals surface area contributed by atoms with Crippen molar-refractivity contribution in [3.63, 3.8) is 0 Å². The van der Waals surface area contributed by atoms with Crippen LogP contribution in [0.5, 0.6) is 0 Å². The second kappa shape index (κ2) is 4.57. The standard InChI is InChI=1S/C16H29N/c1-16(17,14-5-3-2-4-6-14)15-11-12-7-9-13(15)10-8-12/h12-15H,2-11,17H2,1H3. The fraction of sp³-hybridized carbons (Fsp3) is 1.00. The zero-order chi connectivity index (χ0) is 11.9. The maximum absolute atomic E-state index is 6.85. The van der Waals surface area contributed by atoms with Crippen LogP contribution in [0.15, 0.2) is 0 Å². The van der Waals surface area contributed by atoms with E-state index < -0.39 is 0 Å². The van der Waals surface area contributed by atoms with Crippen molar-refractivity contribution in [2.45, 2.75) is 76.7 Å². The van der Waals surface area contributed by atoms with Crippen LogP contribution in [0.25, 0.3) is 0 Å². The summed E-state index contributed by atoms with van der Waals surface area (Å²) in [5, 5.41) is 0. The normalized spacial score (nSPS) is 42.4. The lowest BCUT2D eigenvalue weighted by atomic mass is 9.55. The SMILES string of the molecule is CC(N)(C1CCCCC1)C1CC2CCC1CC2. The first-order chi connectivity index (χ1) is 8.18. The highest BCUT2D eigenvalue weighted by molar-refractivity contribution is 5.01. The molecule has 4 rings (SSSR count). The van der Waals surface area contributed by atoms with Gasteiger partial charge in [0.15, 0.2) is 0 Å². The van der Waals surface area contributed by atoms with E-state index in [9.17, 15) is 0 Å². The second-order valence-corrected chi connectivity index (χ2v) is 7.32. The number of nitrogens with two attached hydrogens (primary N) is 1. The van der Waals surface area contributed by atoms with E-state index in [0.29, 0.717) is 0 Å². The monoisotopic (exact) mass is 235 g/mol. The summed E-state index contributed by atoms with van der Waals surface area (Å²) in [4.78, 5) is 0. The zero-order valence-corrected chi connectivity index (χ0v) is 11.5. The van der Waals surface area contributed by atoms with Gasteiger partial charge in [-0.05, 0) is 62.7 Å². The summed E-state index contributed by atoms with van der Waals surface area (Å²) in [5.74, 6) is 3.66. The molecule has 0 amide bonds. The summed E-state index contributed by atoms with van der Waals surface area (Å²) < 4.78 is 0. The Balaban J connectivity index is 1.72. The Kier molecular flexibility index (Phi) is 3.23. The highest BCUT2D eigenvalue weighted by Crippen LogP contribution is 2.51. The highest BCUT2D eigenvalue weighted by atomic mass is 14.8. The van der Waals surface area contributed by atoms with E-state index in [4.69, 9.17) is 5.73 Å². The molecule has 98 valence electrons. The molecule has 0 aromatic rings. The van der Waals surface area contributed by atoms with Gasteiger partial charge in [-0.2, -0.15) is 0 Å². The lowest BCUT2D eigenvalue weighted by Gasteiger charge is -2.52. The van der Waals surface area contributed by atoms with Crippen LogP contribution in [-0.2, 0) is 0 Å². The van der Waals surface area contributed by atoms with Crippen LogP contribution in [-0.4, -0.2) is 5.54 Å². The zero-order valence-electron chi connectivity index (χ0n) is 11.5. The van der Waals surface area contributed by atoms with Gasteiger partial charge in [-0.15, -0.1) is 0 Å². The molecule has 4 fully saturated rings. The Hall–Kier alpha value is -0.0400. The Morgan fingerprint density at radius 3 is 2.06 bits per heavy atom. The number of fused-ring (bicyclic) bond motifs is 3. The molecule has 0 aromatic heterocycles. The molecule has 0 radical (unpaired) electrons. The Labute approximate surface area is 107 Å². The van der Waals surface area contributed by atoms with Crippen LogP contribution in [0.2, 0.25) is 0 Å². The third kappa shape index (κ3) is 2.16. The molecule has 4 saturated carbocycles. The summed E-state index contributed by atoms with van der Waals surface area (Å²) in [6.45, 7) is 2.40. The first-order valence-corrected chi connectivity index (χ1v) is 7.97. The Morgan fingerprint density at radius 1 is 0.882 bits per heavy atom. The van der Waals surface area contributed by atoms with Gasteiger partial charge in [0.25, 0.3) is 0 Å². The minimum Gasteiger partial charge on any atom is -0.325 e. The molecule has 1 heteroatoms. The lowest BCUT2D eigenvalue weighted by Crippen LogP contribution is -2.56. The van der Waals surface area contributed by atoms with Gasteiger partial charge in [0.05, 0.1) is 0 Å². The van der Waals surface area contributed by atoms with Crippen LogP contribution >= 0.6 is 0 Å². The molecule has 4 aliphatic rings. The molecule has 0 aliphatic heterocycles. The summed E-state index contributed by atoms with van der Waals surface area (Å²) >= 11 is 0. The fourth-order valence-electron chi connectivity index (χ4n) is 5.17. The van der Waals surface area contributed by atoms with E-state index in [1.165, 1.54) is 64.2 Å². The molecule has 0 heterocycles. The highest BCUT2D eigenvalue weighted by Gasteiger charge is 2.46. The van der Waals surface area contributed by atoms with E-state index in [2.05, 4.69) is 6.92 Å². The van der Waals surface area contributed by atoms with E-state index in [1.807, 2.05) is 0 Å². The molecule has 4 aliphatic carbocycles. The predicted octanol–water partition coefficient (Wildman–Crippen LogP) is 4.11. The van der Waals surface area contributed by atoms with Crippen molar-refractivity contribution in [3.05, 3.63) is 0 Å². The Bertz CT molecular complexity index is 257. The van der Waals surface area contributed by atoms with Crippen molar-refractivity contribution in [1.82, 2.24) is 0 Å². The van der Waals surface area contributed by atoms with E-state index >= 15 is 0 Å². The van der Waals surface area contributed by atoms with Crippen molar-refractivity contribution < 1.29 is 0 Å². The van der Waals surface area contributed by atoms with Crippen molar-refractivity contribution in [1.29, 1.82) is 0 Å². The van der Waals surface area contributed by atoms with Gasteiger partial charge < -0.3 is 5.73 Å². The Morgan fingerprint density at radius 2 is 1.53 bits per heavy atom. The largest absolute Gasteiger partial charge is 0.325 e. The molecular weight excluding hydrogens is 206 g/mol. The molecule has 2 N–H and O–H groups in total. The number of hydrogen-bond acceptors (Lipinski definition) is 1. The molecule has 0 aromatic carbocycles. The summed E-state index contributed by atoms with van der Waals surface area (Å²) in [5.41, 5.74) is 7.00. The van der Waals surface area contributed by atoms with Crippen LogP contribution < -0.4 is 5.73 Å². The number of rotatable bonds is 2. The van der Waals surface area contributed by atoms with Crippen molar-refractivity contribution in [2.75, 3.05) is 0 Å². The lowest BCUT2D eigenvalue weighted by molar-refractivity contribution is 0.0139. The van der Waals surface area contributed by atoms with Crippen molar-refractivity contribution >= 4 is 0 Å². The van der Waals surface area contributed by atoms with Gasteiger partial charge in [0.1, 0.15) is 0 Å². The van der Waals surface area contributed by atoms with Crippen LogP contribution in [0, 0.1) is 23.7 Å². The maximum atomic E-state index is 6.85. The molecular formula is C16H29N. The number of hydrogen-bond donors (Lipinski definition) is 1. The molecule has 1 nitrogen and oxygen atoms in total. The molecule has 0 spiro atoms. The molecule has 2 atom stereocenters. The molecule has 2 bridgehead atoms. The summed E-state index contributed by atoms with van der Waals surface area (Å²) in [7, 11) is 0. The summed E-state index contributed by atoms with van der Waals surface area (Å²) in [6.07, 6.45) is 14.5. The average Bonchev–Trinajstić information content (AvgIpc) is 2.41. The minimum absolute atomic E-state index is 0.143. The van der Waals surface area contributed by atoms with Gasteiger partial charge in [-0.1, -0.05) is 32.1 Å². The topological polar surface area (TPSA) is 26.0 Å². The van der Waals surface area contributed by atoms with Gasteiger partial charge in [-0.3, -0.25) is 0 Å². The smallest absolute Gasteiger partial charge is 0.0185 e. The van der Waals surface area contributed by atoms with E-state index in [1.54, 1.807) is 0 Å². The second-order valence-electron chi connectivity index (χ2n) is 7.32. The van der Waals surface area contributed by atoms with Gasteiger partial charge >= 0.3 is 0 Å². The molecule has 17 heavy (non-hydrogen) atoms. The fourth-order valence-corrected chi connectivity index (χ4v) is 5.17. The van der Waals surface area contributed by atoms with Crippen LogP contribution in [0.3, 0.4) is 0 Å². The maximum Gasteiger partial charge on any atom is 0.0185 e. The third-order valence-corrected chi connectivity index (χ3v) is 6.33. The minimum atomic E-state index is 0.143. The summed E-state index contributed by atoms with van der Waals surface area (Å²) in [6, 6.07) is 0. The molecule has 0 saturated heterocycles. The molecule has 2 unspecified atom stereocenters. The van der Waals surface area contributed by atoms with Gasteiger partial charge in [-0.25, -0.2) is 0 Å². The van der Waals surface area contributed by atoms with Crippen LogP contribution in [0.1, 0.15) is 71.1 Å². The van der Waals surface area contributed by atoms with E-state index in [0.717, 1.165) is 23.7 Å². The van der Waals surface area contributed by atoms with Crippen molar-refractivity contribution in [3.8, 4) is 0 Å². The van der Waals surface area contributed by atoms with Crippen molar-refractivity contribution in [2.24, 2.45) is 29.4 Å². The quantitative estimate of drug-likeness (QED) is 0.766. The van der Waals surface area contributed by atoms with E-state index in [-0.39, 0.29) is 5.54 Å². The predicted molar refractivity (Wildman–Crippen MR) is 72.7 cm³/mol. The third-order valence-electron chi connectivity index (χ3n) is 6.33. The van der Waals surface area contributed by atoms with Crippen LogP contribution in [0.4, 0.5) is 0 Å². The average molecular weight is 235 g/mol. The van der Waals surface area contributed by atoms with Gasteiger partial charge in [0.2, 0.25) is 0 Å². The van der Waals surface area contributed by atoms with Gasteiger partial charge in [0, 0.05) is 5.54 Å².